The number of nitrogens with zero attached hydrogens (tertiary/aromatic N) is 1. The van der Waals surface area contributed by atoms with E-state index in [-0.39, 0.29) is 6.07 Å². The molecule has 0 radical (unpaired) electrons. The Hall–Kier alpha value is -1.27. The van der Waals surface area contributed by atoms with Crippen LogP contribution in [0, 0.1) is 0 Å². The number of halogens is 7. The zero-order valence-corrected chi connectivity index (χ0v) is 11.2. The maximum absolute atomic E-state index is 12.8. The molecule has 0 saturated carbocycles. The first-order chi connectivity index (χ1) is 9.25. The fourth-order valence-corrected chi connectivity index (χ4v) is 2.32. The second kappa shape index (κ2) is 5.50. The quantitative estimate of drug-likeness (QED) is 0.662. The van der Waals surface area contributed by atoms with E-state index in [9.17, 15) is 34.8 Å². The molecule has 0 saturated heterocycles. The van der Waals surface area contributed by atoms with E-state index >= 15 is 0 Å². The van der Waals surface area contributed by atoms with Crippen molar-refractivity contribution < 1.29 is 39.5 Å². The van der Waals surface area contributed by atoms with E-state index in [1.165, 1.54) is 0 Å². The molecule has 1 aromatic rings. The molecule has 1 rings (SSSR count). The Morgan fingerprint density at radius 1 is 1.24 bits per heavy atom. The Morgan fingerprint density at radius 2 is 1.76 bits per heavy atom. The average Bonchev–Trinajstić information content (AvgIpc) is 2.22. The summed E-state index contributed by atoms with van der Waals surface area (Å²) in [6.07, 6.45) is -11.0. The maximum Gasteiger partial charge on any atom is 0.573 e. The molecule has 0 fully saturated rings. The van der Waals surface area contributed by atoms with Crippen LogP contribution < -0.4 is 10.5 Å². The minimum atomic E-state index is -5.50. The van der Waals surface area contributed by atoms with Gasteiger partial charge in [0.1, 0.15) is 11.3 Å². The van der Waals surface area contributed by atoms with Crippen molar-refractivity contribution in [1.82, 2.24) is 4.98 Å². The standard InChI is InChI=1S/C8H5ClF6N2O3S/c9-21(18,19)6-5(7(10,11)12)4(20-8(13,14)15)1-3(2-16)17-6/h1H,2,16H2. The first-order valence-electron chi connectivity index (χ1n) is 4.77. The van der Waals surface area contributed by atoms with E-state index in [1.807, 2.05) is 0 Å². The Bertz CT molecular complexity index is 643. The zero-order chi connectivity index (χ0) is 16.6. The average molecular weight is 359 g/mol. The monoisotopic (exact) mass is 358 g/mol. The van der Waals surface area contributed by atoms with Crippen LogP contribution in [0.15, 0.2) is 11.1 Å². The highest BCUT2D eigenvalue weighted by atomic mass is 35.7. The van der Waals surface area contributed by atoms with Crippen molar-refractivity contribution in [3.63, 3.8) is 0 Å². The number of rotatable bonds is 3. The van der Waals surface area contributed by atoms with Crippen LogP contribution in [0.25, 0.3) is 0 Å². The van der Waals surface area contributed by atoms with Crippen LogP contribution in [0.5, 0.6) is 5.75 Å². The summed E-state index contributed by atoms with van der Waals surface area (Å²) in [7, 11) is -0.315. The molecule has 1 heterocycles. The third-order valence-electron chi connectivity index (χ3n) is 1.95. The molecule has 0 unspecified atom stereocenters. The number of alkyl halides is 6. The van der Waals surface area contributed by atoms with Crippen molar-refractivity contribution in [2.75, 3.05) is 0 Å². The second-order valence-corrected chi connectivity index (χ2v) is 5.96. The normalized spacial score (nSPS) is 13.3. The van der Waals surface area contributed by atoms with E-state index < -0.39 is 50.2 Å². The predicted octanol–water partition coefficient (Wildman–Crippen LogP) is 2.39. The largest absolute Gasteiger partial charge is 0.573 e. The van der Waals surface area contributed by atoms with Crippen molar-refractivity contribution in [1.29, 1.82) is 0 Å². The molecule has 0 amide bonds. The molecule has 21 heavy (non-hydrogen) atoms. The van der Waals surface area contributed by atoms with Crippen molar-refractivity contribution in [2.45, 2.75) is 24.1 Å². The second-order valence-electron chi connectivity index (χ2n) is 3.48. The van der Waals surface area contributed by atoms with Crippen LogP contribution in [0.2, 0.25) is 0 Å². The van der Waals surface area contributed by atoms with Gasteiger partial charge in [-0.15, -0.1) is 13.2 Å². The van der Waals surface area contributed by atoms with Gasteiger partial charge in [-0.05, 0) is 0 Å². The van der Waals surface area contributed by atoms with Gasteiger partial charge in [0.2, 0.25) is 0 Å². The summed E-state index contributed by atoms with van der Waals surface area (Å²) in [4.78, 5) is 3.01. The summed E-state index contributed by atoms with van der Waals surface area (Å²) >= 11 is 0. The lowest BCUT2D eigenvalue weighted by atomic mass is 10.2. The molecular weight excluding hydrogens is 354 g/mol. The van der Waals surface area contributed by atoms with Gasteiger partial charge in [-0.25, -0.2) is 13.4 Å². The summed E-state index contributed by atoms with van der Waals surface area (Å²) in [5, 5.41) is -1.81. The van der Waals surface area contributed by atoms with E-state index in [0.29, 0.717) is 0 Å². The van der Waals surface area contributed by atoms with Crippen LogP contribution in [0.1, 0.15) is 11.3 Å². The Morgan fingerprint density at radius 3 is 2.10 bits per heavy atom. The van der Waals surface area contributed by atoms with Crippen LogP contribution >= 0.6 is 10.7 Å². The number of hydrogen-bond donors (Lipinski definition) is 1. The number of aromatic nitrogens is 1. The molecule has 0 aliphatic rings. The molecule has 0 atom stereocenters. The number of ether oxygens (including phenoxy) is 1. The molecule has 5 nitrogen and oxygen atoms in total. The zero-order valence-electron chi connectivity index (χ0n) is 9.59. The molecule has 0 aliphatic heterocycles. The fourth-order valence-electron chi connectivity index (χ4n) is 1.29. The number of pyridine rings is 1. The number of hydrogen-bond acceptors (Lipinski definition) is 5. The highest BCUT2D eigenvalue weighted by Gasteiger charge is 2.45. The van der Waals surface area contributed by atoms with Crippen molar-refractivity contribution in [3.05, 3.63) is 17.3 Å². The molecule has 0 aliphatic carbocycles. The van der Waals surface area contributed by atoms with Crippen LogP contribution in [0.4, 0.5) is 26.3 Å². The van der Waals surface area contributed by atoms with Gasteiger partial charge in [0.05, 0.1) is 5.69 Å². The third kappa shape index (κ3) is 4.61. The van der Waals surface area contributed by atoms with E-state index in [2.05, 4.69) is 9.72 Å². The molecule has 120 valence electrons. The van der Waals surface area contributed by atoms with Gasteiger partial charge in [0, 0.05) is 23.3 Å². The fraction of sp³-hybridized carbons (Fsp3) is 0.375. The van der Waals surface area contributed by atoms with Crippen molar-refractivity contribution >= 4 is 19.7 Å². The summed E-state index contributed by atoms with van der Waals surface area (Å²) in [5.41, 5.74) is 2.20. The predicted molar refractivity (Wildman–Crippen MR) is 56.9 cm³/mol. The summed E-state index contributed by atoms with van der Waals surface area (Å²) in [6.45, 7) is -0.633. The van der Waals surface area contributed by atoms with Gasteiger partial charge in [-0.2, -0.15) is 13.2 Å². The van der Waals surface area contributed by atoms with Gasteiger partial charge >= 0.3 is 12.5 Å². The lowest BCUT2D eigenvalue weighted by molar-refractivity contribution is -0.276. The van der Waals surface area contributed by atoms with Gasteiger partial charge in [-0.1, -0.05) is 0 Å². The smallest absolute Gasteiger partial charge is 0.405 e. The van der Waals surface area contributed by atoms with Crippen molar-refractivity contribution in [2.24, 2.45) is 5.73 Å². The Balaban J connectivity index is 3.76. The van der Waals surface area contributed by atoms with Gasteiger partial charge in [0.25, 0.3) is 9.05 Å². The molecule has 0 bridgehead atoms. The lowest BCUT2D eigenvalue weighted by Gasteiger charge is -2.18. The van der Waals surface area contributed by atoms with Gasteiger partial charge in [-0.3, -0.25) is 0 Å². The minimum absolute atomic E-state index is 0.238. The van der Waals surface area contributed by atoms with Gasteiger partial charge < -0.3 is 10.5 Å². The molecule has 2 N–H and O–H groups in total. The number of nitrogens with two attached hydrogens (primary N) is 1. The van der Waals surface area contributed by atoms with E-state index in [0.717, 1.165) is 0 Å². The molecule has 1 aromatic heterocycles. The molecular formula is C8H5ClF6N2O3S. The molecule has 0 aromatic carbocycles. The van der Waals surface area contributed by atoms with Gasteiger partial charge in [0.15, 0.2) is 5.03 Å². The first kappa shape index (κ1) is 17.8. The SMILES string of the molecule is NCc1cc(OC(F)(F)F)c(C(F)(F)F)c(S(=O)(=O)Cl)n1. The molecule has 13 heteroatoms. The summed E-state index contributed by atoms with van der Waals surface area (Å²) in [5.74, 6) is -1.80. The first-order valence-corrected chi connectivity index (χ1v) is 7.08. The highest BCUT2D eigenvalue weighted by molar-refractivity contribution is 8.13. The van der Waals surface area contributed by atoms with Crippen LogP contribution in [-0.4, -0.2) is 19.8 Å². The summed E-state index contributed by atoms with van der Waals surface area (Å²) < 4.78 is 100. The highest BCUT2D eigenvalue weighted by Crippen LogP contribution is 2.42. The van der Waals surface area contributed by atoms with Crippen molar-refractivity contribution in [3.8, 4) is 5.75 Å². The molecule has 0 spiro atoms. The summed E-state index contributed by atoms with van der Waals surface area (Å²) in [6, 6.07) is 0.238. The third-order valence-corrected chi connectivity index (χ3v) is 3.15. The Kier molecular flexibility index (Phi) is 4.65. The van der Waals surface area contributed by atoms with Crippen LogP contribution in [0.3, 0.4) is 0 Å². The Labute approximate surface area is 118 Å². The lowest BCUT2D eigenvalue weighted by Crippen LogP contribution is -2.23. The van der Waals surface area contributed by atoms with E-state index in [4.69, 9.17) is 16.4 Å². The minimum Gasteiger partial charge on any atom is -0.405 e. The maximum atomic E-state index is 12.8. The van der Waals surface area contributed by atoms with E-state index in [1.54, 1.807) is 0 Å². The van der Waals surface area contributed by atoms with Crippen LogP contribution in [-0.2, 0) is 21.8 Å². The topological polar surface area (TPSA) is 82.3 Å².